The molecule has 0 saturated carbocycles. The summed E-state index contributed by atoms with van der Waals surface area (Å²) in [5, 5.41) is 0. The summed E-state index contributed by atoms with van der Waals surface area (Å²) in [6.45, 7) is 14.6. The van der Waals surface area contributed by atoms with Crippen molar-refractivity contribution in [2.45, 2.75) is 46.5 Å². The molecule has 0 saturated heterocycles. The topological polar surface area (TPSA) is 42.0 Å². The molecule has 1 rings (SSSR count). The Hall–Kier alpha value is -1.75. The second-order valence-corrected chi connectivity index (χ2v) is 7.40. The number of rotatable bonds is 8. The number of hydrogen-bond acceptors (Lipinski definition) is 4. The lowest BCUT2D eigenvalue weighted by atomic mass is 9.86. The standard InChI is InChI=1S/C20H34N2O3/c1-8-22(9-2)13-10-14-24-18-15-16(25-19(23)21(6)7)11-12-17(18)20(3,4)5/h11-12,15H,8-10,13-14H2,1-7H3. The lowest BCUT2D eigenvalue weighted by Gasteiger charge is -2.24. The number of nitrogens with zero attached hydrogens (tertiary/aromatic N) is 2. The summed E-state index contributed by atoms with van der Waals surface area (Å²) < 4.78 is 11.4. The fourth-order valence-corrected chi connectivity index (χ4v) is 2.51. The van der Waals surface area contributed by atoms with Crippen LogP contribution in [0.25, 0.3) is 0 Å². The largest absolute Gasteiger partial charge is 0.493 e. The number of amides is 1. The summed E-state index contributed by atoms with van der Waals surface area (Å²) in [5.41, 5.74) is 1.07. The lowest BCUT2D eigenvalue weighted by Crippen LogP contribution is -2.26. The summed E-state index contributed by atoms with van der Waals surface area (Å²) in [6.07, 6.45) is 0.573. The molecule has 0 atom stereocenters. The van der Waals surface area contributed by atoms with Crippen molar-refractivity contribution in [3.8, 4) is 11.5 Å². The predicted molar refractivity (Wildman–Crippen MR) is 103 cm³/mol. The Bertz CT molecular complexity index is 546. The van der Waals surface area contributed by atoms with Crippen LogP contribution in [0.1, 0.15) is 46.6 Å². The molecule has 0 spiro atoms. The zero-order valence-electron chi connectivity index (χ0n) is 16.9. The molecule has 25 heavy (non-hydrogen) atoms. The van der Waals surface area contributed by atoms with Gasteiger partial charge in [0.1, 0.15) is 11.5 Å². The predicted octanol–water partition coefficient (Wildman–Crippen LogP) is 4.16. The van der Waals surface area contributed by atoms with E-state index in [0.717, 1.165) is 37.4 Å². The van der Waals surface area contributed by atoms with Gasteiger partial charge in [0.05, 0.1) is 6.61 Å². The average Bonchev–Trinajstić information content (AvgIpc) is 2.54. The highest BCUT2D eigenvalue weighted by molar-refractivity contribution is 5.70. The van der Waals surface area contributed by atoms with E-state index in [1.165, 1.54) is 4.90 Å². The highest BCUT2D eigenvalue weighted by Crippen LogP contribution is 2.34. The molecule has 0 aliphatic heterocycles. The molecule has 0 N–H and O–H groups in total. The minimum atomic E-state index is -0.393. The number of benzene rings is 1. The number of ether oxygens (including phenoxy) is 2. The molecule has 0 aromatic heterocycles. The second kappa shape index (κ2) is 9.66. The van der Waals surface area contributed by atoms with E-state index >= 15 is 0 Å². The fraction of sp³-hybridized carbons (Fsp3) is 0.650. The molecule has 0 fully saturated rings. The minimum absolute atomic E-state index is 0.0434. The molecule has 1 aromatic carbocycles. The summed E-state index contributed by atoms with van der Waals surface area (Å²) in [4.78, 5) is 15.5. The first-order chi connectivity index (χ1) is 11.7. The molecule has 142 valence electrons. The zero-order valence-corrected chi connectivity index (χ0v) is 16.9. The van der Waals surface area contributed by atoms with Crippen molar-refractivity contribution in [2.75, 3.05) is 40.3 Å². The molecule has 5 heteroatoms. The highest BCUT2D eigenvalue weighted by Gasteiger charge is 2.20. The van der Waals surface area contributed by atoms with Crippen molar-refractivity contribution in [3.63, 3.8) is 0 Å². The minimum Gasteiger partial charge on any atom is -0.493 e. The molecular weight excluding hydrogens is 316 g/mol. The van der Waals surface area contributed by atoms with Crippen LogP contribution < -0.4 is 9.47 Å². The molecule has 1 aromatic rings. The molecule has 0 bridgehead atoms. The average molecular weight is 351 g/mol. The number of carbonyl (C=O) groups is 1. The van der Waals surface area contributed by atoms with Gasteiger partial charge in [0, 0.05) is 26.7 Å². The van der Waals surface area contributed by atoms with Gasteiger partial charge < -0.3 is 19.3 Å². The Kier molecular flexibility index (Phi) is 8.23. The van der Waals surface area contributed by atoms with Gasteiger partial charge in [0.2, 0.25) is 0 Å². The van der Waals surface area contributed by atoms with Gasteiger partial charge >= 0.3 is 6.09 Å². The van der Waals surface area contributed by atoms with Crippen molar-refractivity contribution in [2.24, 2.45) is 0 Å². The molecule has 0 unspecified atom stereocenters. The van der Waals surface area contributed by atoms with Crippen molar-refractivity contribution < 1.29 is 14.3 Å². The van der Waals surface area contributed by atoms with E-state index in [1.54, 1.807) is 14.1 Å². The van der Waals surface area contributed by atoms with E-state index < -0.39 is 6.09 Å². The Labute approximate surface area is 152 Å². The summed E-state index contributed by atoms with van der Waals surface area (Å²) in [7, 11) is 3.33. The second-order valence-electron chi connectivity index (χ2n) is 7.40. The maximum absolute atomic E-state index is 11.8. The zero-order chi connectivity index (χ0) is 19.0. The van der Waals surface area contributed by atoms with Gasteiger partial charge in [-0.05, 0) is 36.6 Å². The summed E-state index contributed by atoms with van der Waals surface area (Å²) in [6, 6.07) is 5.63. The van der Waals surface area contributed by atoms with E-state index in [-0.39, 0.29) is 5.41 Å². The third-order valence-corrected chi connectivity index (χ3v) is 4.10. The van der Waals surface area contributed by atoms with Crippen molar-refractivity contribution in [1.29, 1.82) is 0 Å². The molecule has 0 aliphatic rings. The van der Waals surface area contributed by atoms with Crippen LogP contribution in [0.15, 0.2) is 18.2 Å². The first kappa shape index (κ1) is 21.3. The molecule has 0 heterocycles. The van der Waals surface area contributed by atoms with Gasteiger partial charge in [-0.1, -0.05) is 40.7 Å². The Balaban J connectivity index is 2.83. The summed E-state index contributed by atoms with van der Waals surface area (Å²) >= 11 is 0. The van der Waals surface area contributed by atoms with Crippen molar-refractivity contribution in [3.05, 3.63) is 23.8 Å². The molecule has 1 amide bonds. The van der Waals surface area contributed by atoms with Crippen LogP contribution in [0, 0.1) is 0 Å². The van der Waals surface area contributed by atoms with Crippen LogP contribution in [-0.2, 0) is 5.41 Å². The quantitative estimate of drug-likeness (QED) is 0.660. The lowest BCUT2D eigenvalue weighted by molar-refractivity contribution is 0.171. The van der Waals surface area contributed by atoms with Crippen LogP contribution in [-0.4, -0.2) is 56.2 Å². The molecule has 0 radical (unpaired) electrons. The van der Waals surface area contributed by atoms with Gasteiger partial charge in [0.15, 0.2) is 0 Å². The summed E-state index contributed by atoms with van der Waals surface area (Å²) in [5.74, 6) is 1.29. The maximum atomic E-state index is 11.8. The highest BCUT2D eigenvalue weighted by atomic mass is 16.6. The van der Waals surface area contributed by atoms with E-state index in [2.05, 4.69) is 39.5 Å². The Morgan fingerprint density at radius 2 is 1.76 bits per heavy atom. The van der Waals surface area contributed by atoms with Gasteiger partial charge in [-0.3, -0.25) is 0 Å². The number of hydrogen-bond donors (Lipinski definition) is 0. The van der Waals surface area contributed by atoms with E-state index in [1.807, 2.05) is 18.2 Å². The van der Waals surface area contributed by atoms with E-state index in [9.17, 15) is 4.79 Å². The van der Waals surface area contributed by atoms with E-state index in [0.29, 0.717) is 12.4 Å². The van der Waals surface area contributed by atoms with Gasteiger partial charge in [-0.2, -0.15) is 0 Å². The van der Waals surface area contributed by atoms with Crippen LogP contribution in [0.5, 0.6) is 11.5 Å². The third-order valence-electron chi connectivity index (χ3n) is 4.10. The van der Waals surface area contributed by atoms with Gasteiger partial charge in [-0.25, -0.2) is 4.79 Å². The van der Waals surface area contributed by atoms with Crippen LogP contribution >= 0.6 is 0 Å². The fourth-order valence-electron chi connectivity index (χ4n) is 2.51. The van der Waals surface area contributed by atoms with Crippen LogP contribution in [0.3, 0.4) is 0 Å². The van der Waals surface area contributed by atoms with Crippen molar-refractivity contribution >= 4 is 6.09 Å². The first-order valence-corrected chi connectivity index (χ1v) is 9.07. The third kappa shape index (κ3) is 6.94. The monoisotopic (exact) mass is 350 g/mol. The number of carbonyl (C=O) groups excluding carboxylic acids is 1. The van der Waals surface area contributed by atoms with Crippen LogP contribution in [0.2, 0.25) is 0 Å². The smallest absolute Gasteiger partial charge is 0.414 e. The molecular formula is C20H34N2O3. The molecule has 0 aliphatic carbocycles. The Morgan fingerprint density at radius 3 is 2.28 bits per heavy atom. The molecule has 5 nitrogen and oxygen atoms in total. The van der Waals surface area contributed by atoms with Gasteiger partial charge in [-0.15, -0.1) is 0 Å². The van der Waals surface area contributed by atoms with E-state index in [4.69, 9.17) is 9.47 Å². The maximum Gasteiger partial charge on any atom is 0.414 e. The first-order valence-electron chi connectivity index (χ1n) is 9.07. The van der Waals surface area contributed by atoms with Crippen LogP contribution in [0.4, 0.5) is 4.79 Å². The SMILES string of the molecule is CCN(CC)CCCOc1cc(OC(=O)N(C)C)ccc1C(C)(C)C. The van der Waals surface area contributed by atoms with Crippen molar-refractivity contribution in [1.82, 2.24) is 9.80 Å². The van der Waals surface area contributed by atoms with Gasteiger partial charge in [0.25, 0.3) is 0 Å². The Morgan fingerprint density at radius 1 is 1.12 bits per heavy atom. The normalized spacial score (nSPS) is 11.5.